The first-order valence-corrected chi connectivity index (χ1v) is 9.96. The van der Waals surface area contributed by atoms with Gasteiger partial charge in [-0.15, -0.1) is 0 Å². The molecule has 0 saturated carbocycles. The number of aryl methyl sites for hydroxylation is 1. The van der Waals surface area contributed by atoms with Gasteiger partial charge in [-0.3, -0.25) is 14.9 Å². The van der Waals surface area contributed by atoms with Gasteiger partial charge < -0.3 is 10.1 Å². The average Bonchev–Trinajstić information content (AvgIpc) is 2.82. The first kappa shape index (κ1) is 22.2. The molecule has 0 saturated heterocycles. The molecule has 0 fully saturated rings. The second kappa shape index (κ2) is 10.5. The minimum absolute atomic E-state index is 0.0101. The molecule has 0 bridgehead atoms. The highest BCUT2D eigenvalue weighted by atomic mass is 16.6. The van der Waals surface area contributed by atoms with Crippen molar-refractivity contribution in [1.29, 1.82) is 5.26 Å². The zero-order valence-electron chi connectivity index (χ0n) is 17.4. The summed E-state index contributed by atoms with van der Waals surface area (Å²) < 4.78 is 5.69. The van der Waals surface area contributed by atoms with E-state index in [-0.39, 0.29) is 17.9 Å². The van der Waals surface area contributed by atoms with E-state index in [9.17, 15) is 20.2 Å². The van der Waals surface area contributed by atoms with Crippen LogP contribution in [0.5, 0.6) is 5.75 Å². The number of amides is 1. The van der Waals surface area contributed by atoms with Crippen molar-refractivity contribution in [3.63, 3.8) is 0 Å². The van der Waals surface area contributed by atoms with Gasteiger partial charge in [0.05, 0.1) is 4.92 Å². The largest absolute Gasteiger partial charge is 0.489 e. The summed E-state index contributed by atoms with van der Waals surface area (Å²) in [5.41, 5.74) is 3.29. The van der Waals surface area contributed by atoms with Gasteiger partial charge in [0.15, 0.2) is 0 Å². The lowest BCUT2D eigenvalue weighted by Gasteiger charge is -2.07. The molecule has 0 radical (unpaired) electrons. The molecule has 7 nitrogen and oxygen atoms in total. The van der Waals surface area contributed by atoms with Gasteiger partial charge in [0, 0.05) is 17.8 Å². The highest BCUT2D eigenvalue weighted by Gasteiger charge is 2.10. The van der Waals surface area contributed by atoms with Crippen LogP contribution in [-0.2, 0) is 17.8 Å². The smallest absolute Gasteiger partial charge is 0.269 e. The van der Waals surface area contributed by atoms with Crippen molar-refractivity contribution < 1.29 is 14.5 Å². The van der Waals surface area contributed by atoms with E-state index in [0.717, 1.165) is 17.5 Å². The number of anilines is 1. The van der Waals surface area contributed by atoms with Crippen molar-refractivity contribution in [2.45, 2.75) is 20.0 Å². The van der Waals surface area contributed by atoms with E-state index in [4.69, 9.17) is 4.74 Å². The standard InChI is InChI=1S/C25H21N3O4/c1-2-18-3-9-22(10-4-18)27-25(29)21(16-26)15-19-7-13-24(14-8-19)32-17-20-5-11-23(12-6-20)28(30)31/h3-15H,2,17H2,1H3,(H,27,29)/b21-15+. The van der Waals surface area contributed by atoms with Gasteiger partial charge in [0.1, 0.15) is 24.0 Å². The van der Waals surface area contributed by atoms with Gasteiger partial charge in [-0.25, -0.2) is 0 Å². The molecule has 0 aliphatic heterocycles. The molecule has 160 valence electrons. The number of rotatable bonds is 8. The Bertz CT molecular complexity index is 1160. The van der Waals surface area contributed by atoms with Crippen molar-refractivity contribution >= 4 is 23.4 Å². The van der Waals surface area contributed by atoms with E-state index in [0.29, 0.717) is 17.0 Å². The van der Waals surface area contributed by atoms with E-state index in [1.807, 2.05) is 30.3 Å². The Morgan fingerprint density at radius 3 is 2.22 bits per heavy atom. The van der Waals surface area contributed by atoms with E-state index in [1.54, 1.807) is 36.4 Å². The first-order valence-electron chi connectivity index (χ1n) is 9.96. The molecule has 0 aromatic heterocycles. The Balaban J connectivity index is 1.61. The summed E-state index contributed by atoms with van der Waals surface area (Å²) in [6, 6.07) is 22.5. The first-order chi connectivity index (χ1) is 15.5. The zero-order chi connectivity index (χ0) is 22.9. The maximum absolute atomic E-state index is 12.4. The van der Waals surface area contributed by atoms with Crippen molar-refractivity contribution in [3.05, 3.63) is 105 Å². The number of ether oxygens (including phenoxy) is 1. The lowest BCUT2D eigenvalue weighted by molar-refractivity contribution is -0.384. The second-order valence-electron chi connectivity index (χ2n) is 6.96. The van der Waals surface area contributed by atoms with Crippen molar-refractivity contribution in [1.82, 2.24) is 0 Å². The van der Waals surface area contributed by atoms with Crippen LogP contribution < -0.4 is 10.1 Å². The Kier molecular flexibility index (Phi) is 7.33. The molecule has 0 atom stereocenters. The number of nitrogens with one attached hydrogen (secondary N) is 1. The van der Waals surface area contributed by atoms with Gasteiger partial charge in [-0.05, 0) is 65.6 Å². The fourth-order valence-electron chi connectivity index (χ4n) is 2.88. The third-order valence-electron chi connectivity index (χ3n) is 4.73. The molecule has 0 spiro atoms. The summed E-state index contributed by atoms with van der Waals surface area (Å²) in [4.78, 5) is 22.7. The molecule has 0 unspecified atom stereocenters. The zero-order valence-corrected chi connectivity index (χ0v) is 17.4. The molecule has 3 rings (SSSR count). The Morgan fingerprint density at radius 2 is 1.66 bits per heavy atom. The van der Waals surface area contributed by atoms with Crippen LogP contribution in [0.1, 0.15) is 23.6 Å². The minimum Gasteiger partial charge on any atom is -0.489 e. The molecular formula is C25H21N3O4. The number of hydrogen-bond donors (Lipinski definition) is 1. The molecule has 0 aliphatic rings. The van der Waals surface area contributed by atoms with E-state index in [2.05, 4.69) is 12.2 Å². The van der Waals surface area contributed by atoms with Gasteiger partial charge in [0.25, 0.3) is 11.6 Å². The molecule has 0 aliphatic carbocycles. The summed E-state index contributed by atoms with van der Waals surface area (Å²) in [7, 11) is 0. The molecule has 3 aromatic carbocycles. The molecular weight excluding hydrogens is 406 g/mol. The van der Waals surface area contributed by atoms with E-state index >= 15 is 0 Å². The van der Waals surface area contributed by atoms with Crippen LogP contribution in [0.3, 0.4) is 0 Å². The quantitative estimate of drug-likeness (QED) is 0.228. The summed E-state index contributed by atoms with van der Waals surface area (Å²) in [6.45, 7) is 2.31. The Hall–Kier alpha value is -4.44. The third kappa shape index (κ3) is 6.03. The van der Waals surface area contributed by atoms with E-state index < -0.39 is 10.8 Å². The van der Waals surface area contributed by atoms with Crippen molar-refractivity contribution in [3.8, 4) is 11.8 Å². The molecule has 32 heavy (non-hydrogen) atoms. The van der Waals surface area contributed by atoms with Crippen LogP contribution >= 0.6 is 0 Å². The van der Waals surface area contributed by atoms with Crippen molar-refractivity contribution in [2.24, 2.45) is 0 Å². The third-order valence-corrected chi connectivity index (χ3v) is 4.73. The number of nitrogens with zero attached hydrogens (tertiary/aromatic N) is 2. The van der Waals surface area contributed by atoms with Crippen LogP contribution in [-0.4, -0.2) is 10.8 Å². The van der Waals surface area contributed by atoms with Crippen molar-refractivity contribution in [2.75, 3.05) is 5.32 Å². The molecule has 0 heterocycles. The summed E-state index contributed by atoms with van der Waals surface area (Å²) in [5, 5.41) is 22.8. The van der Waals surface area contributed by atoms with Crippen LogP contribution in [0.25, 0.3) is 6.08 Å². The number of nitriles is 1. The van der Waals surface area contributed by atoms with Gasteiger partial charge in [0.2, 0.25) is 0 Å². The summed E-state index contributed by atoms with van der Waals surface area (Å²) >= 11 is 0. The summed E-state index contributed by atoms with van der Waals surface area (Å²) in [5.74, 6) is 0.120. The highest BCUT2D eigenvalue weighted by Crippen LogP contribution is 2.18. The Morgan fingerprint density at radius 1 is 1.03 bits per heavy atom. The predicted octanol–water partition coefficient (Wildman–Crippen LogP) is 5.28. The lowest BCUT2D eigenvalue weighted by atomic mass is 10.1. The normalized spacial score (nSPS) is 10.8. The number of benzene rings is 3. The van der Waals surface area contributed by atoms with Crippen LogP contribution in [0.2, 0.25) is 0 Å². The maximum atomic E-state index is 12.4. The molecule has 1 N–H and O–H groups in total. The predicted molar refractivity (Wildman–Crippen MR) is 122 cm³/mol. The molecule has 3 aromatic rings. The number of hydrogen-bond acceptors (Lipinski definition) is 5. The van der Waals surface area contributed by atoms with Crippen LogP contribution in [0.4, 0.5) is 11.4 Å². The fourth-order valence-corrected chi connectivity index (χ4v) is 2.88. The van der Waals surface area contributed by atoms with E-state index in [1.165, 1.54) is 18.2 Å². The van der Waals surface area contributed by atoms with Crippen LogP contribution in [0, 0.1) is 21.4 Å². The highest BCUT2D eigenvalue weighted by molar-refractivity contribution is 6.09. The topological polar surface area (TPSA) is 105 Å². The molecule has 1 amide bonds. The Labute approximate surface area is 185 Å². The lowest BCUT2D eigenvalue weighted by Crippen LogP contribution is -2.13. The molecule has 7 heteroatoms. The van der Waals surface area contributed by atoms with Crippen LogP contribution in [0.15, 0.2) is 78.4 Å². The fraction of sp³-hybridized carbons (Fsp3) is 0.120. The van der Waals surface area contributed by atoms with Gasteiger partial charge in [-0.1, -0.05) is 31.2 Å². The number of nitro groups is 1. The second-order valence-corrected chi connectivity index (χ2v) is 6.96. The maximum Gasteiger partial charge on any atom is 0.269 e. The number of carbonyl (C=O) groups is 1. The number of non-ortho nitro benzene ring substituents is 1. The number of carbonyl (C=O) groups excluding carboxylic acids is 1. The van der Waals surface area contributed by atoms with Gasteiger partial charge in [-0.2, -0.15) is 5.26 Å². The van der Waals surface area contributed by atoms with Gasteiger partial charge >= 0.3 is 0 Å². The average molecular weight is 427 g/mol. The number of nitro benzene ring substituents is 1. The minimum atomic E-state index is -0.477. The SMILES string of the molecule is CCc1ccc(NC(=O)/C(C#N)=C/c2ccc(OCc3ccc([N+](=O)[O-])cc3)cc2)cc1. The monoisotopic (exact) mass is 427 g/mol. The summed E-state index contributed by atoms with van der Waals surface area (Å²) in [6.07, 6.45) is 2.42.